The van der Waals surface area contributed by atoms with Gasteiger partial charge in [0.1, 0.15) is 0 Å². The molecule has 0 bridgehead atoms. The highest BCUT2D eigenvalue weighted by Gasteiger charge is 2.30. The first kappa shape index (κ1) is 13.9. The van der Waals surface area contributed by atoms with E-state index < -0.39 is 0 Å². The summed E-state index contributed by atoms with van der Waals surface area (Å²) in [6, 6.07) is 1.88. The van der Waals surface area contributed by atoms with Gasteiger partial charge in [0.15, 0.2) is 0 Å². The lowest BCUT2D eigenvalue weighted by atomic mass is 10.1. The Bertz CT molecular complexity index is 301. The van der Waals surface area contributed by atoms with Crippen LogP contribution in [0.3, 0.4) is 0 Å². The Hall–Kier alpha value is -1.12. The van der Waals surface area contributed by atoms with E-state index in [0.29, 0.717) is 18.9 Å². The normalized spacial score (nSPS) is 22.1. The summed E-state index contributed by atoms with van der Waals surface area (Å²) in [5.74, 6) is 0.355. The summed E-state index contributed by atoms with van der Waals surface area (Å²) >= 11 is 0. The molecule has 1 aliphatic rings. The molecule has 1 saturated heterocycles. The second-order valence-electron chi connectivity index (χ2n) is 4.68. The highest BCUT2D eigenvalue weighted by Crippen LogP contribution is 2.18. The molecule has 2 unspecified atom stereocenters. The highest BCUT2D eigenvalue weighted by atomic mass is 16.3. The van der Waals surface area contributed by atoms with E-state index in [1.165, 1.54) is 0 Å². The van der Waals surface area contributed by atoms with E-state index in [4.69, 9.17) is 10.4 Å². The van der Waals surface area contributed by atoms with Crippen LogP contribution in [0, 0.1) is 17.2 Å². The van der Waals surface area contributed by atoms with Crippen LogP contribution < -0.4 is 0 Å². The quantitative estimate of drug-likeness (QED) is 0.736. The summed E-state index contributed by atoms with van der Waals surface area (Å²) in [5, 5.41) is 17.6. The largest absolute Gasteiger partial charge is 0.396 e. The maximum Gasteiger partial charge on any atom is 0.239 e. The van der Waals surface area contributed by atoms with Crippen LogP contribution in [0.25, 0.3) is 0 Å². The first-order chi connectivity index (χ1) is 8.10. The Morgan fingerprint density at radius 1 is 1.71 bits per heavy atom. The molecule has 0 aromatic carbocycles. The smallest absolute Gasteiger partial charge is 0.239 e. The van der Waals surface area contributed by atoms with Crippen molar-refractivity contribution in [2.24, 2.45) is 5.92 Å². The van der Waals surface area contributed by atoms with Gasteiger partial charge in [0.25, 0.3) is 0 Å². The SMILES string of the molecule is CC(C(=O)N(C)CCC#N)N1CCC(CO)C1. The standard InChI is InChI=1S/C12H21N3O2/c1-10(12(17)14(2)6-3-5-13)15-7-4-11(8-15)9-16/h10-11,16H,3-4,6-9H2,1-2H3. The molecule has 0 radical (unpaired) electrons. The van der Waals surface area contributed by atoms with Crippen molar-refractivity contribution in [1.29, 1.82) is 5.26 Å². The predicted molar refractivity (Wildman–Crippen MR) is 64.1 cm³/mol. The molecule has 0 aliphatic carbocycles. The van der Waals surface area contributed by atoms with Crippen LogP contribution in [0.4, 0.5) is 0 Å². The number of carbonyl (C=O) groups is 1. The van der Waals surface area contributed by atoms with Crippen LogP contribution in [-0.4, -0.2) is 60.1 Å². The molecule has 1 rings (SSSR count). The molecular weight excluding hydrogens is 218 g/mol. The molecule has 0 aromatic rings. The Morgan fingerprint density at radius 3 is 2.94 bits per heavy atom. The molecule has 1 fully saturated rings. The minimum atomic E-state index is -0.157. The number of likely N-dealkylation sites (N-methyl/N-ethyl adjacent to an activating group) is 1. The van der Waals surface area contributed by atoms with E-state index in [1.807, 2.05) is 13.0 Å². The van der Waals surface area contributed by atoms with Gasteiger partial charge in [-0.15, -0.1) is 0 Å². The number of aliphatic hydroxyl groups is 1. The lowest BCUT2D eigenvalue weighted by Crippen LogP contribution is -2.45. The van der Waals surface area contributed by atoms with E-state index >= 15 is 0 Å². The van der Waals surface area contributed by atoms with Gasteiger partial charge in [0.2, 0.25) is 5.91 Å². The van der Waals surface area contributed by atoms with Crippen LogP contribution in [0.1, 0.15) is 19.8 Å². The van der Waals surface area contributed by atoms with Gasteiger partial charge in [0.05, 0.1) is 18.5 Å². The molecular formula is C12H21N3O2. The predicted octanol–water partition coefficient (Wildman–Crippen LogP) is 0.0612. The van der Waals surface area contributed by atoms with Crippen LogP contribution in [-0.2, 0) is 4.79 Å². The first-order valence-corrected chi connectivity index (χ1v) is 6.07. The molecule has 5 nitrogen and oxygen atoms in total. The molecule has 0 saturated carbocycles. The van der Waals surface area contributed by atoms with Gasteiger partial charge in [-0.3, -0.25) is 9.69 Å². The maximum atomic E-state index is 12.0. The molecule has 96 valence electrons. The Balaban J connectivity index is 2.44. The average molecular weight is 239 g/mol. The van der Waals surface area contributed by atoms with Crippen molar-refractivity contribution in [3.8, 4) is 6.07 Å². The molecule has 2 atom stereocenters. The van der Waals surface area contributed by atoms with Crippen molar-refractivity contribution >= 4 is 5.91 Å². The molecule has 0 aromatic heterocycles. The van der Waals surface area contributed by atoms with Gasteiger partial charge >= 0.3 is 0 Å². The number of hydrogen-bond donors (Lipinski definition) is 1. The molecule has 1 heterocycles. The number of likely N-dealkylation sites (tertiary alicyclic amines) is 1. The zero-order valence-corrected chi connectivity index (χ0v) is 10.6. The number of nitrogens with zero attached hydrogens (tertiary/aromatic N) is 3. The number of carbonyl (C=O) groups excluding carboxylic acids is 1. The number of hydrogen-bond acceptors (Lipinski definition) is 4. The topological polar surface area (TPSA) is 67.6 Å². The molecule has 17 heavy (non-hydrogen) atoms. The molecule has 1 amide bonds. The number of amides is 1. The molecule has 5 heteroatoms. The average Bonchev–Trinajstić information content (AvgIpc) is 2.82. The van der Waals surface area contributed by atoms with Crippen LogP contribution in [0.2, 0.25) is 0 Å². The summed E-state index contributed by atoms with van der Waals surface area (Å²) in [4.78, 5) is 15.8. The van der Waals surface area contributed by atoms with E-state index in [2.05, 4.69) is 4.90 Å². The van der Waals surface area contributed by atoms with Gasteiger partial charge in [-0.25, -0.2) is 0 Å². The van der Waals surface area contributed by atoms with Gasteiger partial charge in [-0.05, 0) is 25.8 Å². The third-order valence-electron chi connectivity index (χ3n) is 3.42. The lowest BCUT2D eigenvalue weighted by molar-refractivity contribution is -0.134. The van der Waals surface area contributed by atoms with Crippen molar-refractivity contribution in [3.63, 3.8) is 0 Å². The Labute approximate surface area is 103 Å². The second kappa shape index (κ2) is 6.58. The van der Waals surface area contributed by atoms with Gasteiger partial charge in [0, 0.05) is 26.7 Å². The lowest BCUT2D eigenvalue weighted by Gasteiger charge is -2.27. The monoisotopic (exact) mass is 239 g/mol. The van der Waals surface area contributed by atoms with Crippen molar-refractivity contribution in [2.45, 2.75) is 25.8 Å². The summed E-state index contributed by atoms with van der Waals surface area (Å²) < 4.78 is 0. The third-order valence-corrected chi connectivity index (χ3v) is 3.42. The fraction of sp³-hybridized carbons (Fsp3) is 0.833. The Morgan fingerprint density at radius 2 is 2.41 bits per heavy atom. The minimum Gasteiger partial charge on any atom is -0.396 e. The zero-order chi connectivity index (χ0) is 12.8. The van der Waals surface area contributed by atoms with E-state index in [9.17, 15) is 4.79 Å². The molecule has 1 aliphatic heterocycles. The summed E-state index contributed by atoms with van der Waals surface area (Å²) in [6.45, 7) is 4.23. The van der Waals surface area contributed by atoms with E-state index in [0.717, 1.165) is 19.5 Å². The molecule has 0 spiro atoms. The fourth-order valence-electron chi connectivity index (χ4n) is 2.17. The third kappa shape index (κ3) is 3.69. The number of rotatable bonds is 5. The van der Waals surface area contributed by atoms with Crippen molar-refractivity contribution in [1.82, 2.24) is 9.80 Å². The summed E-state index contributed by atoms with van der Waals surface area (Å²) in [7, 11) is 1.73. The second-order valence-corrected chi connectivity index (χ2v) is 4.68. The van der Waals surface area contributed by atoms with Crippen molar-refractivity contribution < 1.29 is 9.90 Å². The molecule has 1 N–H and O–H groups in total. The van der Waals surface area contributed by atoms with Crippen molar-refractivity contribution in [2.75, 3.05) is 33.3 Å². The fourth-order valence-corrected chi connectivity index (χ4v) is 2.17. The summed E-state index contributed by atoms with van der Waals surface area (Å²) in [6.07, 6.45) is 1.32. The highest BCUT2D eigenvalue weighted by molar-refractivity contribution is 5.81. The van der Waals surface area contributed by atoms with E-state index in [1.54, 1.807) is 11.9 Å². The van der Waals surface area contributed by atoms with E-state index in [-0.39, 0.29) is 18.6 Å². The van der Waals surface area contributed by atoms with Crippen LogP contribution >= 0.6 is 0 Å². The van der Waals surface area contributed by atoms with Gasteiger partial charge in [-0.2, -0.15) is 5.26 Å². The van der Waals surface area contributed by atoms with Crippen LogP contribution in [0.5, 0.6) is 0 Å². The van der Waals surface area contributed by atoms with Gasteiger partial charge < -0.3 is 10.0 Å². The number of aliphatic hydroxyl groups excluding tert-OH is 1. The van der Waals surface area contributed by atoms with Crippen LogP contribution in [0.15, 0.2) is 0 Å². The minimum absolute atomic E-state index is 0.0545. The first-order valence-electron chi connectivity index (χ1n) is 6.07. The Kier molecular flexibility index (Phi) is 5.39. The van der Waals surface area contributed by atoms with Crippen molar-refractivity contribution in [3.05, 3.63) is 0 Å². The summed E-state index contributed by atoms with van der Waals surface area (Å²) in [5.41, 5.74) is 0. The number of nitriles is 1. The maximum absolute atomic E-state index is 12.0. The zero-order valence-electron chi connectivity index (χ0n) is 10.6. The van der Waals surface area contributed by atoms with Gasteiger partial charge in [-0.1, -0.05) is 0 Å².